The molecule has 0 aromatic carbocycles. The van der Waals surface area contributed by atoms with Gasteiger partial charge in [-0.1, -0.05) is 6.08 Å². The first kappa shape index (κ1) is 8.01. The van der Waals surface area contributed by atoms with E-state index >= 15 is 0 Å². The molecule has 0 aliphatic carbocycles. The van der Waals surface area contributed by atoms with Crippen LogP contribution in [0.1, 0.15) is 12.7 Å². The Morgan fingerprint density at radius 1 is 1.73 bits per heavy atom. The Kier molecular flexibility index (Phi) is 2.44. The third-order valence-corrected chi connectivity index (χ3v) is 1.41. The molecule has 1 rings (SSSR count). The molecule has 0 radical (unpaired) electrons. The molecule has 0 saturated carbocycles. The van der Waals surface area contributed by atoms with Crippen molar-refractivity contribution in [2.45, 2.75) is 13.0 Å². The minimum atomic E-state index is 0.0895. The number of aryl methyl sites for hydroxylation is 1. The van der Waals surface area contributed by atoms with Gasteiger partial charge in [-0.3, -0.25) is 0 Å². The fourth-order valence-electron chi connectivity index (χ4n) is 0.776. The highest BCUT2D eigenvalue weighted by molar-refractivity contribution is 5.41. The fourth-order valence-corrected chi connectivity index (χ4v) is 0.776. The van der Waals surface area contributed by atoms with Crippen LogP contribution in [0.5, 0.6) is 0 Å². The highest BCUT2D eigenvalue weighted by Crippen LogP contribution is 1.97. The Labute approximate surface area is 66.5 Å². The molecule has 0 aliphatic heterocycles. The van der Waals surface area contributed by atoms with Crippen LogP contribution in [-0.2, 0) is 7.05 Å². The zero-order valence-corrected chi connectivity index (χ0v) is 6.86. The largest absolute Gasteiger partial charge is 0.335 e. The highest BCUT2D eigenvalue weighted by Gasteiger charge is 1.91. The molecule has 0 fully saturated rings. The van der Waals surface area contributed by atoms with Crippen LogP contribution in [0.3, 0.4) is 0 Å². The van der Waals surface area contributed by atoms with Gasteiger partial charge in [-0.25, -0.2) is 4.98 Å². The summed E-state index contributed by atoms with van der Waals surface area (Å²) in [6.45, 7) is 1.93. The molecule has 1 atom stereocenters. The zero-order chi connectivity index (χ0) is 8.27. The van der Waals surface area contributed by atoms with Crippen molar-refractivity contribution in [1.82, 2.24) is 9.55 Å². The number of hydrogen-bond donors (Lipinski definition) is 1. The molecule has 0 amide bonds. The van der Waals surface area contributed by atoms with Gasteiger partial charge in [-0.2, -0.15) is 0 Å². The lowest BCUT2D eigenvalue weighted by Crippen LogP contribution is -2.10. The molecule has 0 aliphatic rings. The van der Waals surface area contributed by atoms with Gasteiger partial charge in [0.2, 0.25) is 0 Å². The topological polar surface area (TPSA) is 43.8 Å². The molecule has 0 saturated heterocycles. The Morgan fingerprint density at radius 2 is 2.45 bits per heavy atom. The molecule has 1 aromatic heterocycles. The van der Waals surface area contributed by atoms with Gasteiger partial charge in [-0.05, 0) is 13.0 Å². The van der Waals surface area contributed by atoms with Crippen LogP contribution in [0.2, 0.25) is 0 Å². The summed E-state index contributed by atoms with van der Waals surface area (Å²) < 4.78 is 1.94. The maximum absolute atomic E-state index is 5.54. The van der Waals surface area contributed by atoms with Gasteiger partial charge in [0.15, 0.2) is 0 Å². The minimum Gasteiger partial charge on any atom is -0.335 e. The van der Waals surface area contributed by atoms with E-state index in [1.54, 1.807) is 6.20 Å². The van der Waals surface area contributed by atoms with Crippen LogP contribution in [0, 0.1) is 0 Å². The molecular formula is C8H13N3. The number of imidazole rings is 1. The van der Waals surface area contributed by atoms with E-state index in [1.165, 1.54) is 0 Å². The van der Waals surface area contributed by atoms with E-state index in [9.17, 15) is 0 Å². The predicted molar refractivity (Wildman–Crippen MR) is 45.9 cm³/mol. The first-order valence-electron chi connectivity index (χ1n) is 3.61. The molecule has 0 spiro atoms. The number of rotatable bonds is 2. The summed E-state index contributed by atoms with van der Waals surface area (Å²) in [5.41, 5.74) is 5.54. The Hall–Kier alpha value is -1.09. The van der Waals surface area contributed by atoms with Crippen LogP contribution < -0.4 is 5.73 Å². The highest BCUT2D eigenvalue weighted by atomic mass is 15.0. The van der Waals surface area contributed by atoms with Crippen molar-refractivity contribution in [3.8, 4) is 0 Å². The van der Waals surface area contributed by atoms with Crippen LogP contribution in [0.25, 0.3) is 6.08 Å². The summed E-state index contributed by atoms with van der Waals surface area (Å²) in [5.74, 6) is 0.933. The van der Waals surface area contributed by atoms with Crippen molar-refractivity contribution in [2.24, 2.45) is 12.8 Å². The van der Waals surface area contributed by atoms with E-state index in [1.807, 2.05) is 36.9 Å². The summed E-state index contributed by atoms with van der Waals surface area (Å²) in [4.78, 5) is 4.11. The van der Waals surface area contributed by atoms with E-state index in [4.69, 9.17) is 5.73 Å². The van der Waals surface area contributed by atoms with Crippen LogP contribution in [-0.4, -0.2) is 15.6 Å². The van der Waals surface area contributed by atoms with Crippen LogP contribution >= 0.6 is 0 Å². The smallest absolute Gasteiger partial charge is 0.132 e. The maximum atomic E-state index is 5.54. The summed E-state index contributed by atoms with van der Waals surface area (Å²) >= 11 is 0. The van der Waals surface area contributed by atoms with Crippen LogP contribution in [0.15, 0.2) is 18.5 Å². The molecule has 11 heavy (non-hydrogen) atoms. The minimum absolute atomic E-state index is 0.0895. The van der Waals surface area contributed by atoms with Crippen molar-refractivity contribution in [1.29, 1.82) is 0 Å². The van der Waals surface area contributed by atoms with Gasteiger partial charge in [0, 0.05) is 25.5 Å². The first-order chi connectivity index (χ1) is 5.20. The lowest BCUT2D eigenvalue weighted by atomic mass is 10.3. The average molecular weight is 151 g/mol. The van der Waals surface area contributed by atoms with Gasteiger partial charge in [0.05, 0.1) is 0 Å². The Balaban J connectivity index is 2.71. The zero-order valence-electron chi connectivity index (χ0n) is 6.86. The Bertz CT molecular complexity index is 248. The fraction of sp³-hybridized carbons (Fsp3) is 0.375. The quantitative estimate of drug-likeness (QED) is 0.678. The Morgan fingerprint density at radius 3 is 2.91 bits per heavy atom. The normalized spacial score (nSPS) is 14.1. The molecule has 60 valence electrons. The first-order valence-corrected chi connectivity index (χ1v) is 3.61. The van der Waals surface area contributed by atoms with Gasteiger partial charge < -0.3 is 10.3 Å². The van der Waals surface area contributed by atoms with E-state index < -0.39 is 0 Å². The number of hydrogen-bond acceptors (Lipinski definition) is 2. The van der Waals surface area contributed by atoms with E-state index in [0.29, 0.717) is 0 Å². The van der Waals surface area contributed by atoms with Crippen molar-refractivity contribution in [3.05, 3.63) is 24.3 Å². The molecule has 0 bridgehead atoms. The number of nitrogens with zero attached hydrogens (tertiary/aromatic N) is 2. The second-order valence-electron chi connectivity index (χ2n) is 2.61. The van der Waals surface area contributed by atoms with E-state index in [0.717, 1.165) is 5.82 Å². The summed E-state index contributed by atoms with van der Waals surface area (Å²) in [5, 5.41) is 0. The van der Waals surface area contributed by atoms with E-state index in [-0.39, 0.29) is 6.04 Å². The van der Waals surface area contributed by atoms with Crippen molar-refractivity contribution < 1.29 is 0 Å². The summed E-state index contributed by atoms with van der Waals surface area (Å²) in [6, 6.07) is 0.0895. The SMILES string of the molecule is CC(N)/C=C/c1nccn1C. The van der Waals surface area contributed by atoms with Crippen molar-refractivity contribution in [2.75, 3.05) is 0 Å². The molecule has 2 N–H and O–H groups in total. The number of nitrogens with two attached hydrogens (primary N) is 1. The third kappa shape index (κ3) is 2.20. The van der Waals surface area contributed by atoms with Crippen molar-refractivity contribution >= 4 is 6.08 Å². The second kappa shape index (κ2) is 3.34. The average Bonchev–Trinajstić information content (AvgIpc) is 2.31. The monoisotopic (exact) mass is 151 g/mol. The predicted octanol–water partition coefficient (Wildman–Crippen LogP) is 0.781. The third-order valence-electron chi connectivity index (χ3n) is 1.41. The molecule has 3 nitrogen and oxygen atoms in total. The standard InChI is InChI=1S/C8H13N3/c1-7(9)3-4-8-10-5-6-11(8)2/h3-7H,9H2,1-2H3/b4-3+. The molecule has 1 unspecified atom stereocenters. The summed E-state index contributed by atoms with van der Waals surface area (Å²) in [7, 11) is 1.95. The van der Waals surface area contributed by atoms with Crippen LogP contribution in [0.4, 0.5) is 0 Å². The maximum Gasteiger partial charge on any atom is 0.132 e. The molecule has 3 heteroatoms. The van der Waals surface area contributed by atoms with E-state index in [2.05, 4.69) is 4.98 Å². The van der Waals surface area contributed by atoms with Gasteiger partial charge in [0.1, 0.15) is 5.82 Å². The number of aromatic nitrogens is 2. The van der Waals surface area contributed by atoms with Crippen molar-refractivity contribution in [3.63, 3.8) is 0 Å². The second-order valence-corrected chi connectivity index (χ2v) is 2.61. The molecule has 1 aromatic rings. The summed E-state index contributed by atoms with van der Waals surface area (Å²) in [6.07, 6.45) is 7.51. The van der Waals surface area contributed by atoms with Gasteiger partial charge in [-0.15, -0.1) is 0 Å². The molecule has 1 heterocycles. The van der Waals surface area contributed by atoms with Gasteiger partial charge >= 0.3 is 0 Å². The lowest BCUT2D eigenvalue weighted by molar-refractivity contribution is 0.889. The molecular weight excluding hydrogens is 138 g/mol. The van der Waals surface area contributed by atoms with Gasteiger partial charge in [0.25, 0.3) is 0 Å². The lowest BCUT2D eigenvalue weighted by Gasteiger charge is -1.95.